The number of amides is 2. The molecule has 3 heterocycles. The molecule has 2 N–H and O–H groups in total. The van der Waals surface area contributed by atoms with Crippen LogP contribution in [-0.4, -0.2) is 50.3 Å². The second kappa shape index (κ2) is 9.57. The number of hydrogen-bond acceptors (Lipinski definition) is 6. The Morgan fingerprint density at radius 1 is 1.23 bits per heavy atom. The molecule has 10 heteroatoms. The maximum absolute atomic E-state index is 12.7. The van der Waals surface area contributed by atoms with Gasteiger partial charge in [-0.1, -0.05) is 23.4 Å². The number of likely N-dealkylation sites (tertiary alicyclic amines) is 1. The predicted octanol–water partition coefficient (Wildman–Crippen LogP) is 3.06. The fraction of sp³-hybridized carbons (Fsp3) is 0.333. The Morgan fingerprint density at radius 3 is 2.74 bits per heavy atom. The van der Waals surface area contributed by atoms with Gasteiger partial charge in [-0.2, -0.15) is 0 Å². The number of carbonyl (C=O) groups is 2. The summed E-state index contributed by atoms with van der Waals surface area (Å²) in [5.41, 5.74) is 6.29. The van der Waals surface area contributed by atoms with E-state index in [4.69, 9.17) is 21.8 Å². The molecule has 0 saturated carbocycles. The van der Waals surface area contributed by atoms with E-state index >= 15 is 0 Å². The second-order valence-corrected chi connectivity index (χ2v) is 8.73. The van der Waals surface area contributed by atoms with Crippen molar-refractivity contribution in [1.29, 1.82) is 0 Å². The summed E-state index contributed by atoms with van der Waals surface area (Å²) < 4.78 is 7.42. The van der Waals surface area contributed by atoms with Gasteiger partial charge in [0, 0.05) is 23.7 Å². The lowest BCUT2D eigenvalue weighted by Crippen LogP contribution is -2.44. The van der Waals surface area contributed by atoms with Crippen LogP contribution in [-0.2, 0) is 16.1 Å². The highest BCUT2D eigenvalue weighted by atomic mass is 35.5. The zero-order valence-electron chi connectivity index (χ0n) is 16.7. The van der Waals surface area contributed by atoms with Crippen LogP contribution in [0.5, 0.6) is 0 Å². The van der Waals surface area contributed by atoms with E-state index in [1.54, 1.807) is 23.3 Å². The molecule has 1 aliphatic heterocycles. The highest BCUT2D eigenvalue weighted by molar-refractivity contribution is 7.99. The van der Waals surface area contributed by atoms with Gasteiger partial charge in [0.15, 0.2) is 11.0 Å². The molecule has 1 fully saturated rings. The topological polar surface area (TPSA) is 107 Å². The van der Waals surface area contributed by atoms with Crippen molar-refractivity contribution in [2.75, 3.05) is 18.8 Å². The highest BCUT2D eigenvalue weighted by Crippen LogP contribution is 2.27. The summed E-state index contributed by atoms with van der Waals surface area (Å²) in [5, 5.41) is 9.90. The number of rotatable bonds is 7. The van der Waals surface area contributed by atoms with Gasteiger partial charge in [-0.05, 0) is 49.2 Å². The summed E-state index contributed by atoms with van der Waals surface area (Å²) in [6, 6.07) is 11.0. The number of furan rings is 1. The van der Waals surface area contributed by atoms with Gasteiger partial charge in [-0.25, -0.2) is 0 Å². The van der Waals surface area contributed by atoms with E-state index in [0.717, 1.165) is 24.2 Å². The largest absolute Gasteiger partial charge is 0.467 e. The van der Waals surface area contributed by atoms with Crippen LogP contribution in [0.2, 0.25) is 5.02 Å². The Labute approximate surface area is 188 Å². The van der Waals surface area contributed by atoms with E-state index in [1.807, 2.05) is 28.8 Å². The van der Waals surface area contributed by atoms with Gasteiger partial charge in [-0.3, -0.25) is 14.2 Å². The lowest BCUT2D eigenvalue weighted by atomic mass is 9.97. The van der Waals surface area contributed by atoms with Gasteiger partial charge >= 0.3 is 0 Å². The number of carbonyl (C=O) groups excluding carboxylic acids is 2. The molecule has 31 heavy (non-hydrogen) atoms. The summed E-state index contributed by atoms with van der Waals surface area (Å²) in [7, 11) is 0. The average Bonchev–Trinajstić information content (AvgIpc) is 3.43. The molecule has 0 aliphatic carbocycles. The minimum atomic E-state index is -0.351. The van der Waals surface area contributed by atoms with Crippen LogP contribution in [0.4, 0.5) is 0 Å². The van der Waals surface area contributed by atoms with Crippen LogP contribution in [0.1, 0.15) is 18.6 Å². The van der Waals surface area contributed by atoms with E-state index in [9.17, 15) is 9.59 Å². The first kappa shape index (κ1) is 21.5. The first-order valence-electron chi connectivity index (χ1n) is 9.92. The molecule has 0 radical (unpaired) electrons. The lowest BCUT2D eigenvalue weighted by Gasteiger charge is -2.31. The van der Waals surface area contributed by atoms with Gasteiger partial charge in [-0.15, -0.1) is 10.2 Å². The normalized spacial score (nSPS) is 16.4. The van der Waals surface area contributed by atoms with Gasteiger partial charge in [0.05, 0.1) is 24.5 Å². The Bertz CT molecular complexity index is 1050. The summed E-state index contributed by atoms with van der Waals surface area (Å²) >= 11 is 7.33. The third-order valence-corrected chi connectivity index (χ3v) is 6.42. The van der Waals surface area contributed by atoms with E-state index in [2.05, 4.69) is 10.2 Å². The van der Waals surface area contributed by atoms with Crippen LogP contribution in [0, 0.1) is 5.92 Å². The monoisotopic (exact) mass is 459 g/mol. The predicted molar refractivity (Wildman–Crippen MR) is 118 cm³/mol. The summed E-state index contributed by atoms with van der Waals surface area (Å²) in [6.07, 6.45) is 3.12. The Hall–Kier alpha value is -2.78. The fourth-order valence-corrected chi connectivity index (χ4v) is 4.53. The lowest BCUT2D eigenvalue weighted by molar-refractivity contribution is -0.132. The smallest absolute Gasteiger partial charge is 0.233 e. The second-order valence-electron chi connectivity index (χ2n) is 7.35. The number of primary amides is 1. The summed E-state index contributed by atoms with van der Waals surface area (Å²) in [6.45, 7) is 1.45. The molecule has 0 spiro atoms. The molecule has 8 nitrogen and oxygen atoms in total. The fourth-order valence-electron chi connectivity index (χ4n) is 3.56. The van der Waals surface area contributed by atoms with E-state index in [1.165, 1.54) is 11.8 Å². The molecule has 1 aromatic carbocycles. The highest BCUT2D eigenvalue weighted by Gasteiger charge is 2.27. The first-order valence-corrected chi connectivity index (χ1v) is 11.3. The molecule has 2 amide bonds. The van der Waals surface area contributed by atoms with Gasteiger partial charge in [0.2, 0.25) is 11.8 Å². The number of halogens is 1. The number of benzene rings is 1. The summed E-state index contributed by atoms with van der Waals surface area (Å²) in [4.78, 5) is 25.9. The number of aromatic nitrogens is 3. The quantitative estimate of drug-likeness (QED) is 0.544. The molecule has 2 aromatic heterocycles. The minimum absolute atomic E-state index is 0.0449. The van der Waals surface area contributed by atoms with E-state index < -0.39 is 0 Å². The van der Waals surface area contributed by atoms with Crippen molar-refractivity contribution >= 4 is 35.2 Å². The molecular formula is C21H22ClN5O3S. The van der Waals surface area contributed by atoms with E-state index in [0.29, 0.717) is 35.6 Å². The van der Waals surface area contributed by atoms with Gasteiger partial charge in [0.1, 0.15) is 5.76 Å². The van der Waals surface area contributed by atoms with Crippen molar-refractivity contribution in [3.63, 3.8) is 0 Å². The van der Waals surface area contributed by atoms with Crippen molar-refractivity contribution in [1.82, 2.24) is 19.7 Å². The number of thioether (sulfide) groups is 1. The third-order valence-electron chi connectivity index (χ3n) is 5.21. The van der Waals surface area contributed by atoms with Crippen molar-refractivity contribution < 1.29 is 14.0 Å². The van der Waals surface area contributed by atoms with Gasteiger partial charge < -0.3 is 15.1 Å². The van der Waals surface area contributed by atoms with Crippen LogP contribution in [0.15, 0.2) is 52.2 Å². The number of piperidine rings is 1. The molecule has 3 aromatic rings. The number of nitrogens with zero attached hydrogens (tertiary/aromatic N) is 4. The van der Waals surface area contributed by atoms with Crippen LogP contribution >= 0.6 is 23.4 Å². The zero-order valence-corrected chi connectivity index (χ0v) is 18.3. The van der Waals surface area contributed by atoms with Crippen LogP contribution in [0.3, 0.4) is 0 Å². The molecular weight excluding hydrogens is 438 g/mol. The minimum Gasteiger partial charge on any atom is -0.467 e. The number of hydrogen-bond donors (Lipinski definition) is 1. The maximum Gasteiger partial charge on any atom is 0.233 e. The molecule has 0 bridgehead atoms. The SMILES string of the molecule is NC(=O)C1CCCN(C(=O)CSc2nnc(-c3ccc(Cl)cc3)n2Cc2ccco2)C1. The maximum atomic E-state index is 12.7. The van der Waals surface area contributed by atoms with Crippen molar-refractivity contribution in [2.24, 2.45) is 11.7 Å². The van der Waals surface area contributed by atoms with Crippen molar-refractivity contribution in [3.05, 3.63) is 53.4 Å². The standard InChI is InChI=1S/C21H22ClN5O3S/c22-16-7-5-14(6-8-16)20-24-25-21(27(20)12-17-4-2-10-30-17)31-13-18(28)26-9-1-3-15(11-26)19(23)29/h2,4-8,10,15H,1,3,9,11-13H2,(H2,23,29). The van der Waals surface area contributed by atoms with Crippen LogP contribution < -0.4 is 5.73 Å². The molecule has 1 unspecified atom stereocenters. The zero-order chi connectivity index (χ0) is 21.8. The molecule has 1 saturated heterocycles. The third kappa shape index (κ3) is 5.11. The van der Waals surface area contributed by atoms with Crippen molar-refractivity contribution in [2.45, 2.75) is 24.5 Å². The molecule has 1 aliphatic rings. The molecule has 4 rings (SSSR count). The number of nitrogens with two attached hydrogens (primary N) is 1. The van der Waals surface area contributed by atoms with Gasteiger partial charge in [0.25, 0.3) is 0 Å². The van der Waals surface area contributed by atoms with Crippen molar-refractivity contribution in [3.8, 4) is 11.4 Å². The first-order chi connectivity index (χ1) is 15.0. The Morgan fingerprint density at radius 2 is 2.03 bits per heavy atom. The van der Waals surface area contributed by atoms with Crippen LogP contribution in [0.25, 0.3) is 11.4 Å². The molecule has 1 atom stereocenters. The Kier molecular flexibility index (Phi) is 6.62. The molecule has 162 valence electrons. The Balaban J connectivity index is 1.51. The van der Waals surface area contributed by atoms with E-state index in [-0.39, 0.29) is 23.5 Å². The average molecular weight is 460 g/mol. The summed E-state index contributed by atoms with van der Waals surface area (Å²) in [5.74, 6) is 0.940.